The Labute approximate surface area is 152 Å². The Hall–Kier alpha value is -2.08. The third-order valence-electron chi connectivity index (χ3n) is 5.11. The fourth-order valence-corrected chi connectivity index (χ4v) is 4.44. The molecule has 1 atom stereocenters. The van der Waals surface area contributed by atoms with Crippen LogP contribution in [0, 0.1) is 5.92 Å². The van der Waals surface area contributed by atoms with E-state index in [1.165, 1.54) is 17.5 Å². The Morgan fingerprint density at radius 3 is 3.12 bits per heavy atom. The van der Waals surface area contributed by atoms with Crippen LogP contribution >= 0.6 is 11.3 Å². The molecule has 6 heteroatoms. The highest BCUT2D eigenvalue weighted by Crippen LogP contribution is 2.33. The molecule has 0 spiro atoms. The summed E-state index contributed by atoms with van der Waals surface area (Å²) in [5.41, 5.74) is 3.69. The largest absolute Gasteiger partial charge is 0.376 e. The topological polar surface area (TPSA) is 48.5 Å². The predicted octanol–water partition coefficient (Wildman–Crippen LogP) is 3.33. The van der Waals surface area contributed by atoms with Crippen molar-refractivity contribution in [2.45, 2.75) is 32.9 Å². The summed E-state index contributed by atoms with van der Waals surface area (Å²) in [5, 5.41) is 6.45. The fraction of sp³-hybridized carbons (Fsp3) is 0.474. The summed E-state index contributed by atoms with van der Waals surface area (Å²) in [4.78, 5) is 21.2. The lowest BCUT2D eigenvalue weighted by molar-refractivity contribution is -0.130. The molecule has 0 radical (unpaired) electrons. The maximum atomic E-state index is 12.5. The highest BCUT2D eigenvalue weighted by Gasteiger charge is 2.24. The number of thiazole rings is 1. The second kappa shape index (κ2) is 7.04. The normalized spacial score (nSPS) is 19.8. The Balaban J connectivity index is 1.41. The number of carbonyl (C=O) groups is 1. The van der Waals surface area contributed by atoms with Crippen molar-refractivity contribution >= 4 is 28.1 Å². The lowest BCUT2D eigenvalue weighted by atomic mass is 10.0. The third-order valence-corrected chi connectivity index (χ3v) is 5.95. The average Bonchev–Trinajstić information content (AvgIpc) is 3.28. The first-order valence-corrected chi connectivity index (χ1v) is 9.85. The van der Waals surface area contributed by atoms with Crippen molar-refractivity contribution in [1.82, 2.24) is 9.88 Å². The number of aromatic nitrogens is 1. The molecule has 2 aromatic rings. The molecule has 1 N–H and O–H groups in total. The zero-order chi connectivity index (χ0) is 17.2. The highest BCUT2D eigenvalue weighted by atomic mass is 32.1. The van der Waals surface area contributed by atoms with Gasteiger partial charge in [-0.2, -0.15) is 0 Å². The number of hydrogen-bond donors (Lipinski definition) is 1. The summed E-state index contributed by atoms with van der Waals surface area (Å²) in [5.74, 6) is 0.824. The number of nitrogens with one attached hydrogen (secondary N) is 1. The number of nitrogens with zero attached hydrogens (tertiary/aromatic N) is 3. The molecule has 5 nitrogen and oxygen atoms in total. The van der Waals surface area contributed by atoms with E-state index in [-0.39, 0.29) is 5.91 Å². The van der Waals surface area contributed by atoms with Gasteiger partial charge < -0.3 is 15.1 Å². The molecule has 1 aromatic heterocycles. The first-order valence-electron chi connectivity index (χ1n) is 8.97. The van der Waals surface area contributed by atoms with Gasteiger partial charge in [0, 0.05) is 43.4 Å². The summed E-state index contributed by atoms with van der Waals surface area (Å²) in [7, 11) is 0. The minimum absolute atomic E-state index is 0.207. The average molecular weight is 356 g/mol. The van der Waals surface area contributed by atoms with E-state index >= 15 is 0 Å². The van der Waals surface area contributed by atoms with E-state index in [0.717, 1.165) is 43.4 Å². The molecular formula is C19H24N4OS. The summed E-state index contributed by atoms with van der Waals surface area (Å²) in [6.07, 6.45) is 4.20. The number of amides is 1. The maximum Gasteiger partial charge on any atom is 0.241 e. The van der Waals surface area contributed by atoms with Crippen LogP contribution in [0.5, 0.6) is 0 Å². The predicted molar refractivity (Wildman–Crippen MR) is 102 cm³/mol. The van der Waals surface area contributed by atoms with Crippen molar-refractivity contribution in [2.24, 2.45) is 5.92 Å². The van der Waals surface area contributed by atoms with Gasteiger partial charge in [0.15, 0.2) is 5.13 Å². The van der Waals surface area contributed by atoms with Crippen molar-refractivity contribution in [2.75, 3.05) is 29.9 Å². The number of benzene rings is 1. The van der Waals surface area contributed by atoms with Crippen LogP contribution in [-0.4, -0.2) is 35.4 Å². The first-order chi connectivity index (χ1) is 12.2. The molecule has 0 aliphatic carbocycles. The van der Waals surface area contributed by atoms with Gasteiger partial charge in [-0.3, -0.25) is 4.79 Å². The SMILES string of the molecule is C[C@@H]1CCCN(C(=O)CNc2cccc3c2CN(c2nccs2)C3)C1. The van der Waals surface area contributed by atoms with E-state index in [4.69, 9.17) is 0 Å². The number of likely N-dealkylation sites (tertiary alicyclic amines) is 1. The molecule has 25 heavy (non-hydrogen) atoms. The molecule has 3 heterocycles. The Morgan fingerprint density at radius 1 is 1.40 bits per heavy atom. The molecule has 1 aromatic carbocycles. The molecule has 2 aliphatic heterocycles. The lowest BCUT2D eigenvalue weighted by Crippen LogP contribution is -2.42. The van der Waals surface area contributed by atoms with E-state index < -0.39 is 0 Å². The zero-order valence-corrected chi connectivity index (χ0v) is 15.4. The zero-order valence-electron chi connectivity index (χ0n) is 14.6. The van der Waals surface area contributed by atoms with Gasteiger partial charge in [0.1, 0.15) is 0 Å². The number of carbonyl (C=O) groups excluding carboxylic acids is 1. The quantitative estimate of drug-likeness (QED) is 0.913. The summed E-state index contributed by atoms with van der Waals surface area (Å²) >= 11 is 1.67. The Kier molecular flexibility index (Phi) is 4.61. The van der Waals surface area contributed by atoms with Crippen LogP contribution in [0.1, 0.15) is 30.9 Å². The molecule has 0 saturated carbocycles. The van der Waals surface area contributed by atoms with Gasteiger partial charge in [0.25, 0.3) is 0 Å². The van der Waals surface area contributed by atoms with Crippen molar-refractivity contribution in [1.29, 1.82) is 0 Å². The third kappa shape index (κ3) is 3.49. The van der Waals surface area contributed by atoms with Gasteiger partial charge in [0.05, 0.1) is 6.54 Å². The Bertz CT molecular complexity index is 746. The summed E-state index contributed by atoms with van der Waals surface area (Å²) in [6, 6.07) is 6.32. The van der Waals surface area contributed by atoms with E-state index in [1.54, 1.807) is 11.3 Å². The molecule has 1 amide bonds. The van der Waals surface area contributed by atoms with Crippen molar-refractivity contribution < 1.29 is 4.79 Å². The second-order valence-electron chi connectivity index (χ2n) is 7.05. The lowest BCUT2D eigenvalue weighted by Gasteiger charge is -2.31. The molecule has 2 aliphatic rings. The molecule has 0 unspecified atom stereocenters. The van der Waals surface area contributed by atoms with E-state index in [2.05, 4.69) is 40.3 Å². The maximum absolute atomic E-state index is 12.5. The van der Waals surface area contributed by atoms with Crippen LogP contribution in [0.15, 0.2) is 29.8 Å². The van der Waals surface area contributed by atoms with Gasteiger partial charge in [0.2, 0.25) is 5.91 Å². The Morgan fingerprint density at radius 2 is 2.32 bits per heavy atom. The van der Waals surface area contributed by atoms with Crippen molar-refractivity contribution in [3.63, 3.8) is 0 Å². The van der Waals surface area contributed by atoms with Crippen LogP contribution in [0.2, 0.25) is 0 Å². The van der Waals surface area contributed by atoms with Crippen LogP contribution in [-0.2, 0) is 17.9 Å². The van der Waals surface area contributed by atoms with Crippen LogP contribution in [0.4, 0.5) is 10.8 Å². The van der Waals surface area contributed by atoms with Crippen LogP contribution in [0.25, 0.3) is 0 Å². The van der Waals surface area contributed by atoms with Gasteiger partial charge >= 0.3 is 0 Å². The first kappa shape index (κ1) is 16.4. The van der Waals surface area contributed by atoms with Gasteiger partial charge in [-0.15, -0.1) is 11.3 Å². The van der Waals surface area contributed by atoms with Crippen LogP contribution < -0.4 is 10.2 Å². The molecular weight excluding hydrogens is 332 g/mol. The molecule has 0 bridgehead atoms. The number of piperidine rings is 1. The van der Waals surface area contributed by atoms with E-state index in [0.29, 0.717) is 12.5 Å². The number of rotatable bonds is 4. The second-order valence-corrected chi connectivity index (χ2v) is 7.93. The molecule has 1 saturated heterocycles. The summed E-state index contributed by atoms with van der Waals surface area (Å²) < 4.78 is 0. The van der Waals surface area contributed by atoms with Crippen molar-refractivity contribution in [3.05, 3.63) is 40.9 Å². The van der Waals surface area contributed by atoms with Crippen LogP contribution in [0.3, 0.4) is 0 Å². The van der Waals surface area contributed by atoms with Crippen molar-refractivity contribution in [3.8, 4) is 0 Å². The minimum Gasteiger partial charge on any atom is -0.376 e. The van der Waals surface area contributed by atoms with Gasteiger partial charge in [-0.25, -0.2) is 4.98 Å². The minimum atomic E-state index is 0.207. The molecule has 132 valence electrons. The number of hydrogen-bond acceptors (Lipinski definition) is 5. The van der Waals surface area contributed by atoms with Gasteiger partial charge in [-0.05, 0) is 36.0 Å². The van der Waals surface area contributed by atoms with Gasteiger partial charge in [-0.1, -0.05) is 19.1 Å². The summed E-state index contributed by atoms with van der Waals surface area (Å²) in [6.45, 7) is 6.13. The smallest absolute Gasteiger partial charge is 0.241 e. The number of anilines is 2. The molecule has 1 fully saturated rings. The number of fused-ring (bicyclic) bond motifs is 1. The van der Waals surface area contributed by atoms with E-state index in [1.807, 2.05) is 16.5 Å². The monoisotopic (exact) mass is 356 g/mol. The molecule has 4 rings (SSSR count). The standard InChI is InChI=1S/C19H24N4OS/c1-14-4-3-8-22(11-14)18(24)10-21-17-6-2-5-15-12-23(13-16(15)17)19-20-7-9-25-19/h2,5-7,9,14,21H,3-4,8,10-13H2,1H3/t14-/m1/s1. The highest BCUT2D eigenvalue weighted by molar-refractivity contribution is 7.13. The fourth-order valence-electron chi connectivity index (χ4n) is 3.79. The van der Waals surface area contributed by atoms with E-state index in [9.17, 15) is 4.79 Å².